The molecule has 1 fully saturated rings. The largest absolute Gasteiger partial charge is 0.616 e. The maximum Gasteiger partial charge on any atom is 0.404 e. The molecule has 146 valence electrons. The van der Waals surface area contributed by atoms with Gasteiger partial charge in [0.15, 0.2) is 5.41 Å². The molecule has 0 amide bonds. The zero-order valence-corrected chi connectivity index (χ0v) is 16.8. The van der Waals surface area contributed by atoms with E-state index in [-0.39, 0.29) is 28.7 Å². The predicted octanol–water partition coefficient (Wildman–Crippen LogP) is 5.06. The number of alkyl halides is 3. The number of nitrogens with zero attached hydrogens (tertiary/aromatic N) is 1. The van der Waals surface area contributed by atoms with E-state index in [0.29, 0.717) is 6.54 Å². The lowest BCUT2D eigenvalue weighted by Gasteiger charge is -2.36. The van der Waals surface area contributed by atoms with Crippen LogP contribution in [0.1, 0.15) is 11.1 Å². The number of hydrogen-bond acceptors (Lipinski definition) is 2. The molecule has 0 aromatic heterocycles. The SMILES string of the molecule is C[S+]([O-])C1CN(Cc2ccccc2)CC1(c1cc(Cl)cc(Cl)c1)C(F)(F)F. The van der Waals surface area contributed by atoms with Crippen LogP contribution in [0.3, 0.4) is 0 Å². The van der Waals surface area contributed by atoms with Gasteiger partial charge in [-0.25, -0.2) is 0 Å². The first-order valence-corrected chi connectivity index (χ1v) is 10.6. The Morgan fingerprint density at radius 2 is 1.74 bits per heavy atom. The Balaban J connectivity index is 2.07. The summed E-state index contributed by atoms with van der Waals surface area (Å²) >= 11 is 10.3. The molecule has 0 N–H and O–H groups in total. The van der Waals surface area contributed by atoms with Crippen LogP contribution in [0.25, 0.3) is 0 Å². The summed E-state index contributed by atoms with van der Waals surface area (Å²) in [4.78, 5) is 1.70. The van der Waals surface area contributed by atoms with Crippen LogP contribution < -0.4 is 0 Å². The summed E-state index contributed by atoms with van der Waals surface area (Å²) in [7, 11) is 0. The predicted molar refractivity (Wildman–Crippen MR) is 104 cm³/mol. The van der Waals surface area contributed by atoms with E-state index in [0.717, 1.165) is 5.56 Å². The van der Waals surface area contributed by atoms with Crippen molar-refractivity contribution in [3.63, 3.8) is 0 Å². The molecule has 0 spiro atoms. The molecule has 0 aliphatic carbocycles. The van der Waals surface area contributed by atoms with Crippen LogP contribution in [0.5, 0.6) is 0 Å². The molecule has 1 heterocycles. The molecule has 3 atom stereocenters. The lowest BCUT2D eigenvalue weighted by molar-refractivity contribution is -0.186. The third kappa shape index (κ3) is 4.10. The second kappa shape index (κ2) is 7.84. The van der Waals surface area contributed by atoms with Gasteiger partial charge in [0.1, 0.15) is 5.25 Å². The normalized spacial score (nSPS) is 24.9. The van der Waals surface area contributed by atoms with E-state index >= 15 is 0 Å². The Kier molecular flexibility index (Phi) is 6.04. The van der Waals surface area contributed by atoms with Gasteiger partial charge in [0.2, 0.25) is 0 Å². The van der Waals surface area contributed by atoms with E-state index < -0.39 is 28.0 Å². The third-order valence-corrected chi connectivity index (χ3v) is 6.77. The van der Waals surface area contributed by atoms with Gasteiger partial charge in [-0.05, 0) is 29.3 Å². The highest BCUT2D eigenvalue weighted by molar-refractivity contribution is 7.91. The highest BCUT2D eigenvalue weighted by Gasteiger charge is 2.68. The Morgan fingerprint density at radius 1 is 1.15 bits per heavy atom. The molecule has 8 heteroatoms. The third-order valence-electron chi connectivity index (χ3n) is 4.98. The number of halogens is 5. The molecule has 3 unspecified atom stereocenters. The van der Waals surface area contributed by atoms with E-state index in [1.165, 1.54) is 24.5 Å². The van der Waals surface area contributed by atoms with Crippen molar-refractivity contribution in [2.75, 3.05) is 19.3 Å². The van der Waals surface area contributed by atoms with Crippen molar-refractivity contribution in [1.29, 1.82) is 0 Å². The van der Waals surface area contributed by atoms with Gasteiger partial charge in [0.05, 0.1) is 6.26 Å². The standard InChI is InChI=1S/C19H18Cl2F3NOS/c1-27(26)17-11-25(10-13-5-3-2-4-6-13)12-18(17,19(22,23)24)14-7-15(20)9-16(21)8-14/h2-9,17H,10-12H2,1H3. The maximum atomic E-state index is 14.4. The molecule has 2 nitrogen and oxygen atoms in total. The molecule has 2 aromatic carbocycles. The smallest absolute Gasteiger partial charge is 0.404 e. The maximum absolute atomic E-state index is 14.4. The molecule has 1 aliphatic rings. The Labute approximate surface area is 169 Å². The van der Waals surface area contributed by atoms with Crippen molar-refractivity contribution in [2.45, 2.75) is 23.4 Å². The van der Waals surface area contributed by atoms with Crippen LogP contribution in [0.2, 0.25) is 10.0 Å². The van der Waals surface area contributed by atoms with Crippen LogP contribution in [0.4, 0.5) is 13.2 Å². The van der Waals surface area contributed by atoms with E-state index in [1.807, 2.05) is 30.3 Å². The summed E-state index contributed by atoms with van der Waals surface area (Å²) in [6.07, 6.45) is -3.29. The van der Waals surface area contributed by atoms with Gasteiger partial charge >= 0.3 is 6.18 Å². The first kappa shape index (κ1) is 20.8. The molecular weight excluding hydrogens is 418 g/mol. The molecule has 0 radical (unpaired) electrons. The Bertz CT molecular complexity index is 783. The van der Waals surface area contributed by atoms with Crippen LogP contribution in [-0.2, 0) is 23.1 Å². The van der Waals surface area contributed by atoms with Gasteiger partial charge in [-0.15, -0.1) is 0 Å². The van der Waals surface area contributed by atoms with Crippen molar-refractivity contribution >= 4 is 34.4 Å². The van der Waals surface area contributed by atoms with Gasteiger partial charge in [-0.3, -0.25) is 4.90 Å². The highest BCUT2D eigenvalue weighted by Crippen LogP contribution is 2.51. The van der Waals surface area contributed by atoms with Crippen molar-refractivity contribution in [2.24, 2.45) is 0 Å². The molecule has 0 bridgehead atoms. The minimum Gasteiger partial charge on any atom is -0.616 e. The first-order chi connectivity index (χ1) is 12.6. The van der Waals surface area contributed by atoms with E-state index in [9.17, 15) is 17.7 Å². The molecule has 0 saturated carbocycles. The second-order valence-electron chi connectivity index (χ2n) is 6.77. The molecule has 27 heavy (non-hydrogen) atoms. The number of likely N-dealkylation sites (tertiary alicyclic amines) is 1. The average Bonchev–Trinajstić information content (AvgIpc) is 2.95. The summed E-state index contributed by atoms with van der Waals surface area (Å²) in [5, 5.41) is -0.859. The minimum absolute atomic E-state index is 0.0386. The first-order valence-electron chi connectivity index (χ1n) is 8.25. The molecule has 3 rings (SSSR count). The topological polar surface area (TPSA) is 26.3 Å². The summed E-state index contributed by atoms with van der Waals surface area (Å²) in [6.45, 7) is 0.120. The van der Waals surface area contributed by atoms with Crippen LogP contribution >= 0.6 is 23.2 Å². The average molecular weight is 436 g/mol. The van der Waals surface area contributed by atoms with Crippen molar-refractivity contribution in [1.82, 2.24) is 4.90 Å². The monoisotopic (exact) mass is 435 g/mol. The van der Waals surface area contributed by atoms with Crippen molar-refractivity contribution in [3.05, 3.63) is 69.7 Å². The number of rotatable bonds is 4. The Morgan fingerprint density at radius 3 is 2.26 bits per heavy atom. The lowest BCUT2D eigenvalue weighted by atomic mass is 9.78. The number of benzene rings is 2. The molecule has 2 aromatic rings. The fourth-order valence-corrected chi connectivity index (χ4v) is 5.64. The lowest BCUT2D eigenvalue weighted by Crippen LogP contribution is -2.54. The summed E-state index contributed by atoms with van der Waals surface area (Å²) in [6, 6.07) is 13.2. The minimum atomic E-state index is -4.61. The van der Waals surface area contributed by atoms with Gasteiger partial charge in [0.25, 0.3) is 0 Å². The van der Waals surface area contributed by atoms with Crippen molar-refractivity contribution < 1.29 is 17.7 Å². The number of hydrogen-bond donors (Lipinski definition) is 0. The van der Waals surface area contributed by atoms with Crippen LogP contribution in [0, 0.1) is 0 Å². The van der Waals surface area contributed by atoms with Crippen LogP contribution in [0.15, 0.2) is 48.5 Å². The zero-order chi connectivity index (χ0) is 19.8. The Hall–Kier alpha value is -0.920. The van der Waals surface area contributed by atoms with Gasteiger partial charge < -0.3 is 4.55 Å². The van der Waals surface area contributed by atoms with E-state index in [4.69, 9.17) is 23.2 Å². The fraction of sp³-hybridized carbons (Fsp3) is 0.368. The second-order valence-corrected chi connectivity index (χ2v) is 9.21. The van der Waals surface area contributed by atoms with E-state index in [1.54, 1.807) is 4.90 Å². The van der Waals surface area contributed by atoms with Gasteiger partial charge in [0, 0.05) is 29.7 Å². The van der Waals surface area contributed by atoms with E-state index in [2.05, 4.69) is 0 Å². The summed E-state index contributed by atoms with van der Waals surface area (Å²) < 4.78 is 55.7. The molecular formula is C19H18Cl2F3NOS. The highest BCUT2D eigenvalue weighted by atomic mass is 35.5. The van der Waals surface area contributed by atoms with Gasteiger partial charge in [-0.2, -0.15) is 13.2 Å². The summed E-state index contributed by atoms with van der Waals surface area (Å²) in [5.41, 5.74) is -1.43. The quantitative estimate of drug-likeness (QED) is 0.627. The van der Waals surface area contributed by atoms with Gasteiger partial charge in [-0.1, -0.05) is 64.7 Å². The van der Waals surface area contributed by atoms with Crippen LogP contribution in [-0.4, -0.2) is 40.2 Å². The molecule has 1 aliphatic heterocycles. The van der Waals surface area contributed by atoms with Crippen molar-refractivity contribution in [3.8, 4) is 0 Å². The summed E-state index contributed by atoms with van der Waals surface area (Å²) in [5.74, 6) is 0. The fourth-order valence-electron chi connectivity index (χ4n) is 3.78. The molecule has 1 saturated heterocycles. The zero-order valence-electron chi connectivity index (χ0n) is 14.5.